The van der Waals surface area contributed by atoms with E-state index >= 15 is 0 Å². The van der Waals surface area contributed by atoms with Crippen molar-refractivity contribution in [2.45, 2.75) is 30.9 Å². The second-order valence-electron chi connectivity index (χ2n) is 2.78. The van der Waals surface area contributed by atoms with Gasteiger partial charge in [-0.1, -0.05) is 0 Å². The van der Waals surface area contributed by atoms with Gasteiger partial charge in [-0.15, -0.1) is 11.8 Å². The minimum Gasteiger partial charge on any atom is -0.279 e. The first-order valence-corrected chi connectivity index (χ1v) is 6.26. The maximum atomic E-state index is 4.57. The minimum atomic E-state index is 0.553. The number of hydrogen-bond acceptors (Lipinski definition) is 3. The molecule has 64 valence electrons. The highest BCUT2D eigenvalue weighted by Gasteiger charge is 2.21. The molecule has 0 radical (unpaired) electrons. The Hall–Kier alpha value is 0.370. The van der Waals surface area contributed by atoms with Gasteiger partial charge in [0, 0.05) is 11.0 Å². The van der Waals surface area contributed by atoms with Gasteiger partial charge in [-0.05, 0) is 32.3 Å². The summed E-state index contributed by atoms with van der Waals surface area (Å²) >= 11 is 3.90. The standard InChI is InChI=1S/C8H15NS2/c1-6-7(2)11-8(9-6)4-5-10-3/h7-8H,4-5H2,1-3H3/t7-,8-/m0/s1. The van der Waals surface area contributed by atoms with Gasteiger partial charge < -0.3 is 0 Å². The van der Waals surface area contributed by atoms with E-state index in [1.54, 1.807) is 0 Å². The van der Waals surface area contributed by atoms with Gasteiger partial charge in [0.15, 0.2) is 0 Å². The maximum absolute atomic E-state index is 4.57. The molecule has 11 heavy (non-hydrogen) atoms. The second-order valence-corrected chi connectivity index (χ2v) is 5.29. The lowest BCUT2D eigenvalue weighted by atomic mass is 10.3. The highest BCUT2D eigenvalue weighted by Crippen LogP contribution is 2.29. The molecule has 1 nitrogen and oxygen atoms in total. The van der Waals surface area contributed by atoms with Gasteiger partial charge in [-0.2, -0.15) is 11.8 Å². The number of aliphatic imine (C=N–C) groups is 1. The summed E-state index contributed by atoms with van der Waals surface area (Å²) in [6, 6.07) is 0. The van der Waals surface area contributed by atoms with Crippen molar-refractivity contribution in [1.82, 2.24) is 0 Å². The quantitative estimate of drug-likeness (QED) is 0.676. The van der Waals surface area contributed by atoms with Crippen LogP contribution in [0.25, 0.3) is 0 Å². The lowest BCUT2D eigenvalue weighted by molar-refractivity contribution is 0.891. The third-order valence-corrected chi connectivity index (χ3v) is 3.91. The largest absolute Gasteiger partial charge is 0.279 e. The predicted molar refractivity (Wildman–Crippen MR) is 56.9 cm³/mol. The van der Waals surface area contributed by atoms with Crippen molar-refractivity contribution in [2.24, 2.45) is 4.99 Å². The Kier molecular flexibility index (Phi) is 3.79. The highest BCUT2D eigenvalue weighted by atomic mass is 32.2. The molecule has 0 N–H and O–H groups in total. The lowest BCUT2D eigenvalue weighted by Gasteiger charge is -2.05. The Labute approximate surface area is 77.4 Å². The van der Waals surface area contributed by atoms with Crippen LogP contribution in [0.1, 0.15) is 20.3 Å². The van der Waals surface area contributed by atoms with Crippen LogP contribution in [-0.4, -0.2) is 28.3 Å². The van der Waals surface area contributed by atoms with E-state index in [0.717, 1.165) is 0 Å². The summed E-state index contributed by atoms with van der Waals surface area (Å²) in [5.41, 5.74) is 1.32. The molecule has 0 saturated carbocycles. The van der Waals surface area contributed by atoms with E-state index in [1.807, 2.05) is 23.5 Å². The average molecular weight is 189 g/mol. The molecule has 1 heterocycles. The molecular weight excluding hydrogens is 174 g/mol. The lowest BCUT2D eigenvalue weighted by Crippen LogP contribution is -2.02. The van der Waals surface area contributed by atoms with E-state index < -0.39 is 0 Å². The van der Waals surface area contributed by atoms with Crippen molar-refractivity contribution in [2.75, 3.05) is 12.0 Å². The van der Waals surface area contributed by atoms with Crippen LogP contribution in [0.4, 0.5) is 0 Å². The molecule has 1 aliphatic rings. The Balaban J connectivity index is 2.29. The molecule has 0 aromatic rings. The van der Waals surface area contributed by atoms with Crippen molar-refractivity contribution >= 4 is 29.2 Å². The van der Waals surface area contributed by atoms with Crippen molar-refractivity contribution in [3.05, 3.63) is 0 Å². The van der Waals surface area contributed by atoms with E-state index in [0.29, 0.717) is 10.6 Å². The predicted octanol–water partition coefficient (Wildman–Crippen LogP) is 2.66. The second kappa shape index (κ2) is 4.41. The molecule has 0 aromatic heterocycles. The molecule has 0 aliphatic carbocycles. The van der Waals surface area contributed by atoms with E-state index in [1.165, 1.54) is 17.9 Å². The monoisotopic (exact) mass is 189 g/mol. The fraction of sp³-hybridized carbons (Fsp3) is 0.875. The number of nitrogens with zero attached hydrogens (tertiary/aromatic N) is 1. The van der Waals surface area contributed by atoms with E-state index in [9.17, 15) is 0 Å². The molecule has 1 rings (SSSR count). The normalized spacial score (nSPS) is 30.6. The van der Waals surface area contributed by atoms with Crippen LogP contribution in [0.15, 0.2) is 4.99 Å². The van der Waals surface area contributed by atoms with Gasteiger partial charge in [0.2, 0.25) is 0 Å². The van der Waals surface area contributed by atoms with Crippen molar-refractivity contribution < 1.29 is 0 Å². The Morgan fingerprint density at radius 2 is 2.36 bits per heavy atom. The SMILES string of the molecule is CSCC[C@H]1N=C(C)[C@H](C)S1. The first-order chi connectivity index (χ1) is 5.24. The third-order valence-electron chi connectivity index (χ3n) is 1.87. The van der Waals surface area contributed by atoms with E-state index in [4.69, 9.17) is 0 Å². The summed E-state index contributed by atoms with van der Waals surface area (Å²) in [6.45, 7) is 4.37. The molecule has 0 bridgehead atoms. The maximum Gasteiger partial charge on any atom is 0.0965 e. The van der Waals surface area contributed by atoms with Crippen molar-refractivity contribution in [1.29, 1.82) is 0 Å². The summed E-state index contributed by atoms with van der Waals surface area (Å²) in [6.07, 6.45) is 3.38. The zero-order chi connectivity index (χ0) is 8.27. The van der Waals surface area contributed by atoms with Crippen LogP contribution < -0.4 is 0 Å². The minimum absolute atomic E-state index is 0.553. The van der Waals surface area contributed by atoms with Gasteiger partial charge >= 0.3 is 0 Å². The molecule has 3 heteroatoms. The van der Waals surface area contributed by atoms with Crippen molar-refractivity contribution in [3.63, 3.8) is 0 Å². The first kappa shape index (κ1) is 9.46. The highest BCUT2D eigenvalue weighted by molar-refractivity contribution is 8.01. The molecule has 0 saturated heterocycles. The van der Waals surface area contributed by atoms with E-state index in [2.05, 4.69) is 25.1 Å². The molecule has 0 spiro atoms. The summed E-state index contributed by atoms with van der Waals surface area (Å²) in [4.78, 5) is 4.57. The summed E-state index contributed by atoms with van der Waals surface area (Å²) in [5, 5.41) is 1.21. The molecule has 1 aliphatic heterocycles. The van der Waals surface area contributed by atoms with Crippen LogP contribution in [-0.2, 0) is 0 Å². The Bertz CT molecular complexity index is 156. The molecule has 2 atom stereocenters. The average Bonchev–Trinajstić information content (AvgIpc) is 2.28. The van der Waals surface area contributed by atoms with Crippen LogP contribution in [0.5, 0.6) is 0 Å². The van der Waals surface area contributed by atoms with Crippen LogP contribution >= 0.6 is 23.5 Å². The fourth-order valence-electron chi connectivity index (χ4n) is 1.05. The van der Waals surface area contributed by atoms with Gasteiger partial charge in [-0.3, -0.25) is 4.99 Å². The smallest absolute Gasteiger partial charge is 0.0965 e. The zero-order valence-electron chi connectivity index (χ0n) is 7.33. The van der Waals surface area contributed by atoms with Gasteiger partial charge in [-0.25, -0.2) is 0 Å². The van der Waals surface area contributed by atoms with Crippen LogP contribution in [0.3, 0.4) is 0 Å². The molecule has 0 aromatic carbocycles. The molecule has 0 fully saturated rings. The van der Waals surface area contributed by atoms with E-state index in [-0.39, 0.29) is 0 Å². The summed E-state index contributed by atoms with van der Waals surface area (Å²) < 4.78 is 0. The topological polar surface area (TPSA) is 12.4 Å². The Morgan fingerprint density at radius 1 is 1.64 bits per heavy atom. The number of rotatable bonds is 3. The molecule has 0 unspecified atom stereocenters. The fourth-order valence-corrected chi connectivity index (χ4v) is 2.87. The molecular formula is C8H15NS2. The summed E-state index contributed by atoms with van der Waals surface area (Å²) in [7, 11) is 0. The summed E-state index contributed by atoms with van der Waals surface area (Å²) in [5.74, 6) is 1.24. The zero-order valence-corrected chi connectivity index (χ0v) is 8.97. The molecule has 0 amide bonds. The number of thioether (sulfide) groups is 2. The van der Waals surface area contributed by atoms with Crippen LogP contribution in [0.2, 0.25) is 0 Å². The van der Waals surface area contributed by atoms with Crippen LogP contribution in [0, 0.1) is 0 Å². The van der Waals surface area contributed by atoms with Gasteiger partial charge in [0.05, 0.1) is 5.37 Å². The van der Waals surface area contributed by atoms with Gasteiger partial charge in [0.25, 0.3) is 0 Å². The van der Waals surface area contributed by atoms with Gasteiger partial charge in [0.1, 0.15) is 0 Å². The Morgan fingerprint density at radius 3 is 2.82 bits per heavy atom. The van der Waals surface area contributed by atoms with Crippen molar-refractivity contribution in [3.8, 4) is 0 Å². The number of hydrogen-bond donors (Lipinski definition) is 0. The third kappa shape index (κ3) is 2.71. The first-order valence-electron chi connectivity index (χ1n) is 3.92.